The summed E-state index contributed by atoms with van der Waals surface area (Å²) in [5.41, 5.74) is 3.51. The Kier molecular flexibility index (Phi) is 7.88. The Bertz CT molecular complexity index is 1040. The van der Waals surface area contributed by atoms with Crippen LogP contribution in [0.1, 0.15) is 37.3 Å². The molecule has 0 heterocycles. The Hall–Kier alpha value is -3.88. The van der Waals surface area contributed by atoms with E-state index in [-0.39, 0.29) is 25.6 Å². The number of hydrogen-bond donors (Lipinski definition) is 4. The molecule has 9 heteroatoms. The molecular weight excluding hydrogens is 438 g/mol. The third kappa shape index (κ3) is 5.72. The second kappa shape index (κ2) is 10.8. The van der Waals surface area contributed by atoms with Gasteiger partial charge in [0.25, 0.3) is 0 Å². The summed E-state index contributed by atoms with van der Waals surface area (Å²) in [7, 11) is 0. The molecule has 0 fully saturated rings. The lowest BCUT2D eigenvalue weighted by Crippen LogP contribution is -2.49. The number of ether oxygens (including phenoxy) is 1. The average molecular weight is 468 g/mol. The Morgan fingerprint density at radius 2 is 1.50 bits per heavy atom. The topological polar surface area (TPSA) is 134 Å². The van der Waals surface area contributed by atoms with Gasteiger partial charge in [0.1, 0.15) is 13.2 Å². The molecule has 3 amide bonds. The van der Waals surface area contributed by atoms with Crippen LogP contribution in [-0.2, 0) is 19.1 Å². The van der Waals surface area contributed by atoms with Crippen molar-refractivity contribution in [2.45, 2.75) is 26.2 Å². The third-order valence-electron chi connectivity index (χ3n) is 6.14. The third-order valence-corrected chi connectivity index (χ3v) is 6.14. The first kappa shape index (κ1) is 24.8. The summed E-state index contributed by atoms with van der Waals surface area (Å²) >= 11 is 0. The molecular formula is C25H29N3O6. The van der Waals surface area contributed by atoms with Gasteiger partial charge in [-0.1, -0.05) is 55.5 Å². The number of benzene rings is 2. The van der Waals surface area contributed by atoms with E-state index < -0.39 is 35.8 Å². The molecule has 34 heavy (non-hydrogen) atoms. The largest absolute Gasteiger partial charge is 0.480 e. The quantitative estimate of drug-likeness (QED) is 0.424. The zero-order valence-corrected chi connectivity index (χ0v) is 19.2. The molecule has 9 nitrogen and oxygen atoms in total. The summed E-state index contributed by atoms with van der Waals surface area (Å²) < 4.78 is 5.51. The lowest BCUT2D eigenvalue weighted by Gasteiger charge is -2.27. The highest BCUT2D eigenvalue weighted by atomic mass is 16.5. The lowest BCUT2D eigenvalue weighted by molar-refractivity contribution is -0.138. The normalized spacial score (nSPS) is 13.7. The van der Waals surface area contributed by atoms with Crippen LogP contribution in [0.15, 0.2) is 48.5 Å². The predicted molar refractivity (Wildman–Crippen MR) is 125 cm³/mol. The molecule has 1 unspecified atom stereocenters. The summed E-state index contributed by atoms with van der Waals surface area (Å²) in [5, 5.41) is 15.9. The van der Waals surface area contributed by atoms with Gasteiger partial charge < -0.3 is 25.8 Å². The van der Waals surface area contributed by atoms with Crippen LogP contribution in [0.25, 0.3) is 11.1 Å². The van der Waals surface area contributed by atoms with Crippen molar-refractivity contribution < 1.29 is 29.0 Å². The monoisotopic (exact) mass is 467 g/mol. The van der Waals surface area contributed by atoms with Crippen LogP contribution < -0.4 is 16.0 Å². The number of rotatable bonds is 10. The van der Waals surface area contributed by atoms with Crippen molar-refractivity contribution in [1.82, 2.24) is 16.0 Å². The average Bonchev–Trinajstić information content (AvgIpc) is 3.16. The van der Waals surface area contributed by atoms with Gasteiger partial charge >= 0.3 is 12.1 Å². The van der Waals surface area contributed by atoms with E-state index in [0.717, 1.165) is 22.3 Å². The summed E-state index contributed by atoms with van der Waals surface area (Å²) in [5.74, 6) is -2.29. The number of hydrogen-bond acceptors (Lipinski definition) is 5. The van der Waals surface area contributed by atoms with Gasteiger partial charge in [-0.2, -0.15) is 0 Å². The molecule has 0 spiro atoms. The van der Waals surface area contributed by atoms with Gasteiger partial charge in [0.2, 0.25) is 11.8 Å². The summed E-state index contributed by atoms with van der Waals surface area (Å²) in [6.07, 6.45) is -0.229. The molecule has 1 aliphatic rings. The van der Waals surface area contributed by atoms with E-state index in [0.29, 0.717) is 6.42 Å². The van der Waals surface area contributed by atoms with E-state index in [1.165, 1.54) is 0 Å². The number of carboxylic acids is 1. The molecule has 1 atom stereocenters. The van der Waals surface area contributed by atoms with Crippen molar-refractivity contribution >= 4 is 23.9 Å². The minimum atomic E-state index is -1.18. The maximum absolute atomic E-state index is 12.6. The van der Waals surface area contributed by atoms with Gasteiger partial charge in [-0.15, -0.1) is 0 Å². The zero-order valence-electron chi connectivity index (χ0n) is 19.2. The molecule has 0 radical (unpaired) electrons. The molecule has 0 saturated carbocycles. The smallest absolute Gasteiger partial charge is 0.407 e. The first-order valence-electron chi connectivity index (χ1n) is 11.1. The first-order chi connectivity index (χ1) is 16.2. The van der Waals surface area contributed by atoms with Crippen LogP contribution in [-0.4, -0.2) is 55.2 Å². The summed E-state index contributed by atoms with van der Waals surface area (Å²) in [6, 6.07) is 16.1. The summed E-state index contributed by atoms with van der Waals surface area (Å²) in [6.45, 7) is 2.77. The number of alkyl carbamates (subject to hydrolysis) is 1. The van der Waals surface area contributed by atoms with Crippen LogP contribution in [0, 0.1) is 5.41 Å². The number of nitrogens with one attached hydrogen (secondary N) is 3. The van der Waals surface area contributed by atoms with Crippen molar-refractivity contribution in [3.63, 3.8) is 0 Å². The maximum Gasteiger partial charge on any atom is 0.407 e. The fourth-order valence-corrected chi connectivity index (χ4v) is 3.89. The highest BCUT2D eigenvalue weighted by Gasteiger charge is 2.33. The Morgan fingerprint density at radius 3 is 2.06 bits per heavy atom. The number of amides is 3. The number of carbonyl (C=O) groups is 4. The number of fused-ring (bicyclic) bond motifs is 3. The van der Waals surface area contributed by atoms with E-state index >= 15 is 0 Å². The molecule has 180 valence electrons. The maximum atomic E-state index is 12.6. The minimum Gasteiger partial charge on any atom is -0.480 e. The molecule has 3 rings (SSSR count). The lowest BCUT2D eigenvalue weighted by atomic mass is 9.86. The van der Waals surface area contributed by atoms with Crippen LogP contribution in [0.2, 0.25) is 0 Å². The number of carboxylic acid groups (broad SMARTS) is 1. The highest BCUT2D eigenvalue weighted by Crippen LogP contribution is 2.44. The van der Waals surface area contributed by atoms with Gasteiger partial charge in [-0.05, 0) is 35.6 Å². The Labute approximate surface area is 197 Å². The standard InChI is InChI=1S/C25H29N3O6/c1-3-25(2,23(32)27-12-21(29)26-13-22(30)31)15-28-24(33)34-14-20-18-10-6-4-8-16(18)17-9-5-7-11-19(17)20/h4-11,20H,3,12-15H2,1-2H3,(H,26,29)(H,27,32)(H,28,33)(H,30,31). The van der Waals surface area contributed by atoms with Gasteiger partial charge in [0.15, 0.2) is 0 Å². The minimum absolute atomic E-state index is 0.0166. The van der Waals surface area contributed by atoms with Crippen LogP contribution in [0.5, 0.6) is 0 Å². The molecule has 0 aliphatic heterocycles. The van der Waals surface area contributed by atoms with Gasteiger partial charge in [0, 0.05) is 12.5 Å². The van der Waals surface area contributed by atoms with Crippen LogP contribution in [0.4, 0.5) is 4.79 Å². The van der Waals surface area contributed by atoms with Crippen molar-refractivity contribution in [2.24, 2.45) is 5.41 Å². The fraction of sp³-hybridized carbons (Fsp3) is 0.360. The molecule has 2 aromatic rings. The number of aliphatic carboxylic acids is 1. The molecule has 2 aromatic carbocycles. The molecule has 1 aliphatic carbocycles. The highest BCUT2D eigenvalue weighted by molar-refractivity contribution is 5.89. The van der Waals surface area contributed by atoms with Gasteiger partial charge in [0.05, 0.1) is 12.0 Å². The van der Waals surface area contributed by atoms with Crippen LogP contribution in [0.3, 0.4) is 0 Å². The van der Waals surface area contributed by atoms with Crippen molar-refractivity contribution in [3.8, 4) is 11.1 Å². The van der Waals surface area contributed by atoms with E-state index in [1.54, 1.807) is 13.8 Å². The van der Waals surface area contributed by atoms with E-state index in [1.807, 2.05) is 36.4 Å². The van der Waals surface area contributed by atoms with Crippen molar-refractivity contribution in [1.29, 1.82) is 0 Å². The van der Waals surface area contributed by atoms with E-state index in [4.69, 9.17) is 9.84 Å². The van der Waals surface area contributed by atoms with Gasteiger partial charge in [-0.3, -0.25) is 14.4 Å². The summed E-state index contributed by atoms with van der Waals surface area (Å²) in [4.78, 5) is 47.2. The second-order valence-electron chi connectivity index (χ2n) is 8.45. The molecule has 0 saturated heterocycles. The van der Waals surface area contributed by atoms with Gasteiger partial charge in [-0.25, -0.2) is 4.79 Å². The SMILES string of the molecule is CCC(C)(CNC(=O)OCC1c2ccccc2-c2ccccc21)C(=O)NCC(=O)NCC(=O)O. The zero-order chi connectivity index (χ0) is 24.7. The van der Waals surface area contributed by atoms with Crippen LogP contribution >= 0.6 is 0 Å². The van der Waals surface area contributed by atoms with Crippen molar-refractivity contribution in [2.75, 3.05) is 26.2 Å². The Morgan fingerprint density at radius 1 is 0.912 bits per heavy atom. The molecule has 4 N–H and O–H groups in total. The number of carbonyl (C=O) groups excluding carboxylic acids is 3. The van der Waals surface area contributed by atoms with E-state index in [9.17, 15) is 19.2 Å². The molecule has 0 aromatic heterocycles. The van der Waals surface area contributed by atoms with E-state index in [2.05, 4.69) is 28.1 Å². The van der Waals surface area contributed by atoms with Crippen molar-refractivity contribution in [3.05, 3.63) is 59.7 Å². The molecule has 0 bridgehead atoms. The Balaban J connectivity index is 1.52. The predicted octanol–water partition coefficient (Wildman–Crippen LogP) is 2.26. The fourth-order valence-electron chi connectivity index (χ4n) is 3.89. The first-order valence-corrected chi connectivity index (χ1v) is 11.1. The second-order valence-corrected chi connectivity index (χ2v) is 8.45.